The highest BCUT2D eigenvalue weighted by molar-refractivity contribution is 7.89. The number of imidazole rings is 1. The second-order valence-corrected chi connectivity index (χ2v) is 6.14. The van der Waals surface area contributed by atoms with Gasteiger partial charge in [-0.3, -0.25) is 0 Å². The molecule has 0 fully saturated rings. The van der Waals surface area contributed by atoms with Gasteiger partial charge >= 0.3 is 0 Å². The van der Waals surface area contributed by atoms with E-state index in [-0.39, 0.29) is 11.4 Å². The summed E-state index contributed by atoms with van der Waals surface area (Å²) in [6, 6.07) is 4.09. The Morgan fingerprint density at radius 3 is 2.76 bits per heavy atom. The maximum atomic E-state index is 14.0. The van der Waals surface area contributed by atoms with E-state index in [0.717, 1.165) is 6.54 Å². The average molecular weight is 312 g/mol. The Balaban J connectivity index is 2.12. The first kappa shape index (κ1) is 15.6. The van der Waals surface area contributed by atoms with Crippen molar-refractivity contribution in [2.45, 2.75) is 24.9 Å². The van der Waals surface area contributed by atoms with Gasteiger partial charge in [0.2, 0.25) is 10.0 Å². The largest absolute Gasteiger partial charge is 0.347 e. The molecule has 2 rings (SSSR count). The SMILES string of the molecule is CCNCc1ccc(S(=O)(=O)NCc2ncc[nH]2)c(F)c1. The summed E-state index contributed by atoms with van der Waals surface area (Å²) in [5.41, 5.74) is 0.694. The highest BCUT2D eigenvalue weighted by atomic mass is 32.2. The highest BCUT2D eigenvalue weighted by Gasteiger charge is 2.19. The summed E-state index contributed by atoms with van der Waals surface area (Å²) < 4.78 is 40.4. The molecule has 0 aliphatic carbocycles. The standard InChI is InChI=1S/C13H17FN4O2S/c1-2-15-8-10-3-4-12(11(14)7-10)21(19,20)18-9-13-16-5-6-17-13/h3-7,15,18H,2,8-9H2,1H3,(H,16,17). The van der Waals surface area contributed by atoms with Crippen LogP contribution in [0.3, 0.4) is 0 Å². The first-order valence-corrected chi connectivity index (χ1v) is 7.98. The van der Waals surface area contributed by atoms with Gasteiger partial charge in [-0.1, -0.05) is 13.0 Å². The van der Waals surface area contributed by atoms with E-state index in [4.69, 9.17) is 0 Å². The molecule has 1 aromatic heterocycles. The quantitative estimate of drug-likeness (QED) is 0.715. The number of rotatable bonds is 7. The summed E-state index contributed by atoms with van der Waals surface area (Å²) in [6.07, 6.45) is 3.10. The van der Waals surface area contributed by atoms with Crippen LogP contribution in [-0.4, -0.2) is 24.9 Å². The molecule has 0 aliphatic heterocycles. The third kappa shape index (κ3) is 4.10. The van der Waals surface area contributed by atoms with Gasteiger partial charge in [-0.25, -0.2) is 22.5 Å². The van der Waals surface area contributed by atoms with Crippen LogP contribution in [0.4, 0.5) is 4.39 Å². The van der Waals surface area contributed by atoms with Crippen molar-refractivity contribution in [1.29, 1.82) is 0 Å². The van der Waals surface area contributed by atoms with Crippen LogP contribution in [-0.2, 0) is 23.1 Å². The van der Waals surface area contributed by atoms with Crippen molar-refractivity contribution in [2.75, 3.05) is 6.54 Å². The van der Waals surface area contributed by atoms with Crippen molar-refractivity contribution in [1.82, 2.24) is 20.0 Å². The Morgan fingerprint density at radius 2 is 2.14 bits per heavy atom. The van der Waals surface area contributed by atoms with Crippen molar-refractivity contribution < 1.29 is 12.8 Å². The van der Waals surface area contributed by atoms with Gasteiger partial charge in [0.05, 0.1) is 6.54 Å². The summed E-state index contributed by atoms with van der Waals surface area (Å²) >= 11 is 0. The van der Waals surface area contributed by atoms with Crippen molar-refractivity contribution in [3.63, 3.8) is 0 Å². The van der Waals surface area contributed by atoms with Crippen molar-refractivity contribution in [2.24, 2.45) is 0 Å². The molecule has 21 heavy (non-hydrogen) atoms. The van der Waals surface area contributed by atoms with Gasteiger partial charge in [0, 0.05) is 18.9 Å². The monoisotopic (exact) mass is 312 g/mol. The van der Waals surface area contributed by atoms with Crippen LogP contribution in [0.15, 0.2) is 35.5 Å². The number of hydrogen-bond donors (Lipinski definition) is 3. The Bertz CT molecular complexity index is 686. The van der Waals surface area contributed by atoms with Gasteiger partial charge in [-0.05, 0) is 24.2 Å². The van der Waals surface area contributed by atoms with Crippen LogP contribution in [0, 0.1) is 5.82 Å². The van der Waals surface area contributed by atoms with Gasteiger partial charge in [0.1, 0.15) is 16.5 Å². The molecular formula is C13H17FN4O2S. The third-order valence-corrected chi connectivity index (χ3v) is 4.28. The minimum absolute atomic E-state index is 0.0199. The predicted octanol–water partition coefficient (Wildman–Crippen LogP) is 1.14. The zero-order valence-electron chi connectivity index (χ0n) is 11.6. The van der Waals surface area contributed by atoms with Crippen LogP contribution >= 0.6 is 0 Å². The molecule has 1 heterocycles. The number of aromatic amines is 1. The lowest BCUT2D eigenvalue weighted by Gasteiger charge is -2.08. The van der Waals surface area contributed by atoms with Gasteiger partial charge in [-0.15, -0.1) is 0 Å². The Hall–Kier alpha value is -1.77. The zero-order chi connectivity index (χ0) is 15.3. The topological polar surface area (TPSA) is 86.9 Å². The molecule has 0 bridgehead atoms. The minimum atomic E-state index is -3.91. The van der Waals surface area contributed by atoms with Crippen LogP contribution in [0.2, 0.25) is 0 Å². The Labute approximate surface area is 122 Å². The summed E-state index contributed by atoms with van der Waals surface area (Å²) in [4.78, 5) is 6.30. The van der Waals surface area contributed by atoms with Crippen LogP contribution in [0.25, 0.3) is 0 Å². The molecule has 3 N–H and O–H groups in total. The molecule has 0 atom stereocenters. The molecule has 1 aromatic carbocycles. The third-order valence-electron chi connectivity index (χ3n) is 2.85. The maximum absolute atomic E-state index is 14.0. The van der Waals surface area contributed by atoms with E-state index in [1.807, 2.05) is 6.92 Å². The number of halogens is 1. The fraction of sp³-hybridized carbons (Fsp3) is 0.308. The van der Waals surface area contributed by atoms with E-state index in [9.17, 15) is 12.8 Å². The summed E-state index contributed by atoms with van der Waals surface area (Å²) in [7, 11) is -3.91. The lowest BCUT2D eigenvalue weighted by atomic mass is 10.2. The Kier molecular flexibility index (Phi) is 5.05. The van der Waals surface area contributed by atoms with Crippen molar-refractivity contribution in [3.8, 4) is 0 Å². The molecule has 0 unspecified atom stereocenters. The number of hydrogen-bond acceptors (Lipinski definition) is 4. The van der Waals surface area contributed by atoms with Crippen LogP contribution < -0.4 is 10.0 Å². The minimum Gasteiger partial charge on any atom is -0.347 e. The van der Waals surface area contributed by atoms with Gasteiger partial charge in [-0.2, -0.15) is 0 Å². The molecule has 0 spiro atoms. The second kappa shape index (κ2) is 6.79. The first-order valence-electron chi connectivity index (χ1n) is 6.50. The molecule has 0 saturated heterocycles. The van der Waals surface area contributed by atoms with E-state index >= 15 is 0 Å². The molecule has 8 heteroatoms. The molecule has 0 amide bonds. The average Bonchev–Trinajstić information content (AvgIpc) is 2.96. The van der Waals surface area contributed by atoms with Crippen LogP contribution in [0.5, 0.6) is 0 Å². The second-order valence-electron chi connectivity index (χ2n) is 4.41. The summed E-state index contributed by atoms with van der Waals surface area (Å²) in [5, 5.41) is 3.05. The summed E-state index contributed by atoms with van der Waals surface area (Å²) in [6.45, 7) is 3.17. The lowest BCUT2D eigenvalue weighted by molar-refractivity contribution is 0.554. The highest BCUT2D eigenvalue weighted by Crippen LogP contribution is 2.16. The molecule has 114 valence electrons. The van der Waals surface area contributed by atoms with Gasteiger partial charge in [0.15, 0.2) is 0 Å². The van der Waals surface area contributed by atoms with E-state index in [2.05, 4.69) is 20.0 Å². The van der Waals surface area contributed by atoms with E-state index in [1.54, 1.807) is 12.3 Å². The fourth-order valence-electron chi connectivity index (χ4n) is 1.78. The van der Waals surface area contributed by atoms with Crippen LogP contribution in [0.1, 0.15) is 18.3 Å². The van der Waals surface area contributed by atoms with Crippen molar-refractivity contribution in [3.05, 3.63) is 47.8 Å². The number of H-pyrrole nitrogens is 1. The number of benzene rings is 1. The number of nitrogens with zero attached hydrogens (tertiary/aromatic N) is 1. The van der Waals surface area contributed by atoms with Gasteiger partial charge < -0.3 is 10.3 Å². The first-order chi connectivity index (χ1) is 10.0. The molecule has 0 saturated carbocycles. The smallest absolute Gasteiger partial charge is 0.243 e. The van der Waals surface area contributed by atoms with E-state index in [1.165, 1.54) is 18.3 Å². The summed E-state index contributed by atoms with van der Waals surface area (Å²) in [5.74, 6) is -0.305. The molecule has 0 radical (unpaired) electrons. The van der Waals surface area contributed by atoms with E-state index in [0.29, 0.717) is 17.9 Å². The maximum Gasteiger partial charge on any atom is 0.243 e. The van der Waals surface area contributed by atoms with Crippen molar-refractivity contribution >= 4 is 10.0 Å². The zero-order valence-corrected chi connectivity index (χ0v) is 12.4. The predicted molar refractivity (Wildman–Crippen MR) is 76.4 cm³/mol. The van der Waals surface area contributed by atoms with Gasteiger partial charge in [0.25, 0.3) is 0 Å². The Morgan fingerprint density at radius 1 is 1.33 bits per heavy atom. The van der Waals surface area contributed by atoms with E-state index < -0.39 is 15.8 Å². The normalized spacial score (nSPS) is 11.7. The fourth-order valence-corrected chi connectivity index (χ4v) is 2.82. The molecular weight excluding hydrogens is 295 g/mol. The lowest BCUT2D eigenvalue weighted by Crippen LogP contribution is -2.25. The molecule has 0 aliphatic rings. The molecule has 6 nitrogen and oxygen atoms in total. The number of nitrogens with one attached hydrogen (secondary N) is 3. The number of sulfonamides is 1. The number of aromatic nitrogens is 2. The molecule has 2 aromatic rings.